The van der Waals surface area contributed by atoms with Crippen LogP contribution in [-0.4, -0.2) is 18.5 Å². The topological polar surface area (TPSA) is 85.3 Å². The molecule has 0 spiro atoms. The highest BCUT2D eigenvalue weighted by Gasteiger charge is 2.28. The molecule has 0 aliphatic heterocycles. The monoisotopic (exact) mass is 412 g/mol. The number of benzene rings is 2. The van der Waals surface area contributed by atoms with Gasteiger partial charge < -0.3 is 15.5 Å². The molecule has 6 heteroatoms. The fourth-order valence-electron chi connectivity index (χ4n) is 4.11. The third-order valence-corrected chi connectivity index (χ3v) is 5.70. The summed E-state index contributed by atoms with van der Waals surface area (Å²) in [5.74, 6) is 0.578. The van der Waals surface area contributed by atoms with Gasteiger partial charge in [0.15, 0.2) is 11.0 Å². The van der Waals surface area contributed by atoms with Crippen molar-refractivity contribution in [2.45, 2.75) is 32.2 Å². The zero-order valence-corrected chi connectivity index (χ0v) is 17.1. The Hall–Kier alpha value is -2.63. The fraction of sp³-hybridized carbons (Fsp3) is 0.304. The van der Waals surface area contributed by atoms with Crippen LogP contribution in [-0.2, 0) is 0 Å². The summed E-state index contributed by atoms with van der Waals surface area (Å²) >= 11 is 0. The van der Waals surface area contributed by atoms with Crippen molar-refractivity contribution in [3.63, 3.8) is 0 Å². The third kappa shape index (κ3) is 3.93. The minimum absolute atomic E-state index is 0. The van der Waals surface area contributed by atoms with Gasteiger partial charge in [0.25, 0.3) is 5.91 Å². The Morgan fingerprint density at radius 3 is 2.62 bits per heavy atom. The largest absolute Gasteiger partial charge is 0.455 e. The molecule has 5 nitrogen and oxygen atoms in total. The van der Waals surface area contributed by atoms with E-state index in [1.54, 1.807) is 25.1 Å². The molecule has 0 bridgehead atoms. The van der Waals surface area contributed by atoms with Gasteiger partial charge in [-0.1, -0.05) is 42.8 Å². The number of carbonyl (C=O) groups excluding carboxylic acids is 1. The van der Waals surface area contributed by atoms with E-state index < -0.39 is 0 Å². The standard InChI is InChI=1S/C23H24N2O3.ClH/c1-14-20(26)17-10-6-11-18(23(27)25-19-12-5-9-16(19)13-24)22(17)28-21(14)15-7-3-2-4-8-15;/h2-4,6-8,10-11,16,19H,5,9,12-13,24H2,1H3,(H,25,27);1H. The van der Waals surface area contributed by atoms with Crippen LogP contribution in [0.3, 0.4) is 0 Å². The minimum atomic E-state index is -0.220. The molecule has 1 amide bonds. The molecule has 3 N–H and O–H groups in total. The summed E-state index contributed by atoms with van der Waals surface area (Å²) < 4.78 is 6.14. The summed E-state index contributed by atoms with van der Waals surface area (Å²) in [5.41, 5.74) is 7.79. The Morgan fingerprint density at radius 2 is 1.90 bits per heavy atom. The first-order chi connectivity index (χ1) is 13.6. The lowest BCUT2D eigenvalue weighted by Gasteiger charge is -2.20. The quantitative estimate of drug-likeness (QED) is 0.677. The molecule has 3 aromatic rings. The second-order valence-corrected chi connectivity index (χ2v) is 7.44. The SMILES string of the molecule is Cc1c(-c2ccccc2)oc2c(C(=O)NC3CCCC3CN)cccc2c1=O.Cl. The average Bonchev–Trinajstić information content (AvgIpc) is 3.18. The van der Waals surface area contributed by atoms with Gasteiger partial charge in [-0.05, 0) is 44.4 Å². The number of fused-ring (bicyclic) bond motifs is 1. The lowest BCUT2D eigenvalue weighted by atomic mass is 10.0. The molecule has 1 heterocycles. The second-order valence-electron chi connectivity index (χ2n) is 7.44. The molecular weight excluding hydrogens is 388 g/mol. The first kappa shape index (κ1) is 21.1. The number of nitrogens with two attached hydrogens (primary N) is 1. The van der Waals surface area contributed by atoms with Crippen LogP contribution in [0.25, 0.3) is 22.3 Å². The lowest BCUT2D eigenvalue weighted by molar-refractivity contribution is 0.0929. The van der Waals surface area contributed by atoms with E-state index in [0.29, 0.717) is 40.3 Å². The maximum atomic E-state index is 13.0. The average molecular weight is 413 g/mol. The summed E-state index contributed by atoms with van der Waals surface area (Å²) in [5, 5.41) is 3.52. The molecule has 2 atom stereocenters. The van der Waals surface area contributed by atoms with Crippen LogP contribution >= 0.6 is 12.4 Å². The highest BCUT2D eigenvalue weighted by molar-refractivity contribution is 6.05. The van der Waals surface area contributed by atoms with Crippen molar-refractivity contribution in [3.05, 3.63) is 69.9 Å². The van der Waals surface area contributed by atoms with E-state index in [9.17, 15) is 9.59 Å². The van der Waals surface area contributed by atoms with Gasteiger partial charge in [0.1, 0.15) is 5.76 Å². The first-order valence-electron chi connectivity index (χ1n) is 9.73. The van der Waals surface area contributed by atoms with Crippen LogP contribution in [0.5, 0.6) is 0 Å². The van der Waals surface area contributed by atoms with Gasteiger partial charge in [0, 0.05) is 17.2 Å². The fourth-order valence-corrected chi connectivity index (χ4v) is 4.11. The smallest absolute Gasteiger partial charge is 0.255 e. The Labute approximate surface area is 175 Å². The molecule has 4 rings (SSSR count). The molecular formula is C23H25ClN2O3. The predicted molar refractivity (Wildman–Crippen MR) is 118 cm³/mol. The number of para-hydroxylation sites is 1. The third-order valence-electron chi connectivity index (χ3n) is 5.70. The first-order valence-corrected chi connectivity index (χ1v) is 9.73. The molecule has 152 valence electrons. The Bertz CT molecular complexity index is 1080. The van der Waals surface area contributed by atoms with Gasteiger partial charge in [-0.3, -0.25) is 9.59 Å². The van der Waals surface area contributed by atoms with Crippen LogP contribution in [0.1, 0.15) is 35.2 Å². The van der Waals surface area contributed by atoms with E-state index in [0.717, 1.165) is 24.8 Å². The number of hydrogen-bond donors (Lipinski definition) is 2. The summed E-state index contributed by atoms with van der Waals surface area (Å²) in [6, 6.07) is 14.7. The van der Waals surface area contributed by atoms with Crippen LogP contribution < -0.4 is 16.5 Å². The summed E-state index contributed by atoms with van der Waals surface area (Å²) in [6.45, 7) is 2.32. The predicted octanol–water partition coefficient (Wildman–Crippen LogP) is 4.05. The summed E-state index contributed by atoms with van der Waals surface area (Å²) in [4.78, 5) is 25.9. The van der Waals surface area contributed by atoms with Crippen molar-refractivity contribution < 1.29 is 9.21 Å². The van der Waals surface area contributed by atoms with Gasteiger partial charge in [-0.25, -0.2) is 0 Å². The van der Waals surface area contributed by atoms with E-state index in [4.69, 9.17) is 10.2 Å². The van der Waals surface area contributed by atoms with E-state index in [2.05, 4.69) is 5.32 Å². The molecule has 0 radical (unpaired) electrons. The molecule has 1 aromatic heterocycles. The zero-order valence-electron chi connectivity index (χ0n) is 16.3. The van der Waals surface area contributed by atoms with Gasteiger partial charge >= 0.3 is 0 Å². The van der Waals surface area contributed by atoms with Crippen molar-refractivity contribution in [2.75, 3.05) is 6.54 Å². The summed E-state index contributed by atoms with van der Waals surface area (Å²) in [6.07, 6.45) is 3.02. The van der Waals surface area contributed by atoms with Gasteiger partial charge in [0.2, 0.25) is 0 Å². The number of halogens is 1. The molecule has 1 saturated carbocycles. The molecule has 1 aliphatic rings. The van der Waals surface area contributed by atoms with Crippen molar-refractivity contribution in [3.8, 4) is 11.3 Å². The minimum Gasteiger partial charge on any atom is -0.455 e. The van der Waals surface area contributed by atoms with Crippen molar-refractivity contribution in [1.29, 1.82) is 0 Å². The van der Waals surface area contributed by atoms with E-state index in [1.165, 1.54) is 0 Å². The van der Waals surface area contributed by atoms with Crippen molar-refractivity contribution in [2.24, 2.45) is 11.7 Å². The molecule has 29 heavy (non-hydrogen) atoms. The highest BCUT2D eigenvalue weighted by Crippen LogP contribution is 2.28. The maximum Gasteiger partial charge on any atom is 0.255 e. The highest BCUT2D eigenvalue weighted by atomic mass is 35.5. The number of hydrogen-bond acceptors (Lipinski definition) is 4. The lowest BCUT2D eigenvalue weighted by Crippen LogP contribution is -2.40. The normalized spacial score (nSPS) is 18.4. The number of amides is 1. The van der Waals surface area contributed by atoms with E-state index in [1.807, 2.05) is 30.3 Å². The molecule has 1 aliphatic carbocycles. The molecule has 0 saturated heterocycles. The number of nitrogens with one attached hydrogen (secondary N) is 1. The van der Waals surface area contributed by atoms with Gasteiger partial charge in [0.05, 0.1) is 10.9 Å². The molecule has 2 aromatic carbocycles. The molecule has 1 fully saturated rings. The maximum absolute atomic E-state index is 13.0. The zero-order chi connectivity index (χ0) is 19.7. The van der Waals surface area contributed by atoms with Crippen LogP contribution in [0, 0.1) is 12.8 Å². The Balaban J connectivity index is 0.00000240. The number of carbonyl (C=O) groups is 1. The van der Waals surface area contributed by atoms with Crippen molar-refractivity contribution in [1.82, 2.24) is 5.32 Å². The number of rotatable bonds is 4. The Kier molecular flexibility index (Phi) is 6.40. The van der Waals surface area contributed by atoms with E-state index in [-0.39, 0.29) is 29.8 Å². The van der Waals surface area contributed by atoms with Gasteiger partial charge in [-0.15, -0.1) is 12.4 Å². The van der Waals surface area contributed by atoms with Crippen LogP contribution in [0.15, 0.2) is 57.7 Å². The van der Waals surface area contributed by atoms with Crippen LogP contribution in [0.4, 0.5) is 0 Å². The Morgan fingerprint density at radius 1 is 1.14 bits per heavy atom. The summed E-state index contributed by atoms with van der Waals surface area (Å²) in [7, 11) is 0. The van der Waals surface area contributed by atoms with Gasteiger partial charge in [-0.2, -0.15) is 0 Å². The second kappa shape index (κ2) is 8.80. The van der Waals surface area contributed by atoms with Crippen LogP contribution in [0.2, 0.25) is 0 Å². The molecule has 2 unspecified atom stereocenters. The van der Waals surface area contributed by atoms with E-state index >= 15 is 0 Å². The van der Waals surface area contributed by atoms with Crippen molar-refractivity contribution >= 4 is 29.3 Å².